The summed E-state index contributed by atoms with van der Waals surface area (Å²) in [6, 6.07) is 2.25. The van der Waals surface area contributed by atoms with Crippen LogP contribution in [-0.2, 0) is 11.3 Å². The van der Waals surface area contributed by atoms with E-state index in [0.29, 0.717) is 5.92 Å². The van der Waals surface area contributed by atoms with Gasteiger partial charge in [-0.1, -0.05) is 33.8 Å². The normalized spacial score (nSPS) is 12.3. The molecule has 0 aromatic carbocycles. The molecule has 0 aliphatic carbocycles. The molecule has 0 radical (unpaired) electrons. The molecule has 0 aliphatic rings. The molecule has 1 aromatic rings. The third-order valence-electron chi connectivity index (χ3n) is 2.87. The molecule has 0 spiro atoms. The van der Waals surface area contributed by atoms with E-state index < -0.39 is 0 Å². The van der Waals surface area contributed by atoms with Gasteiger partial charge in [-0.2, -0.15) is 0 Å². The number of pyridine rings is 1. The van der Waals surface area contributed by atoms with Gasteiger partial charge in [-0.05, 0) is 38.1 Å². The molecule has 0 N–H and O–H groups in total. The van der Waals surface area contributed by atoms with E-state index in [2.05, 4.69) is 43.9 Å². The van der Waals surface area contributed by atoms with Crippen molar-refractivity contribution in [2.24, 2.45) is 0 Å². The minimum Gasteiger partial charge on any atom is -0.375 e. The summed E-state index contributed by atoms with van der Waals surface area (Å²) in [7, 11) is 5.87. The number of ether oxygens (including phenoxy) is 1. The highest BCUT2D eigenvalue weighted by Crippen LogP contribution is 2.25. The summed E-state index contributed by atoms with van der Waals surface area (Å²) in [6.45, 7) is 11.4. The van der Waals surface area contributed by atoms with E-state index in [0.717, 1.165) is 12.2 Å². The fourth-order valence-electron chi connectivity index (χ4n) is 1.90. The van der Waals surface area contributed by atoms with Crippen LogP contribution in [-0.4, -0.2) is 31.1 Å². The van der Waals surface area contributed by atoms with E-state index in [9.17, 15) is 0 Å². The molecule has 0 fully saturated rings. The van der Waals surface area contributed by atoms with Gasteiger partial charge in [-0.25, -0.2) is 0 Å². The van der Waals surface area contributed by atoms with E-state index in [1.165, 1.54) is 11.1 Å². The van der Waals surface area contributed by atoms with Gasteiger partial charge in [0.15, 0.2) is 0 Å². The summed E-state index contributed by atoms with van der Waals surface area (Å²) in [5, 5.41) is 0. The number of methoxy groups -OCH3 is 1. The lowest BCUT2D eigenvalue weighted by atomic mass is 9.97. The fraction of sp³-hybridized carbons (Fsp3) is 0.688. The second kappa shape index (κ2) is 9.05. The summed E-state index contributed by atoms with van der Waals surface area (Å²) >= 11 is 0. The van der Waals surface area contributed by atoms with Gasteiger partial charge in [0.25, 0.3) is 0 Å². The van der Waals surface area contributed by atoms with E-state index >= 15 is 0 Å². The molecule has 19 heavy (non-hydrogen) atoms. The van der Waals surface area contributed by atoms with Gasteiger partial charge in [0.05, 0.1) is 11.8 Å². The van der Waals surface area contributed by atoms with Gasteiger partial charge in [-0.15, -0.1) is 0 Å². The number of rotatable bonds is 5. The maximum Gasteiger partial charge on any atom is 0.0965 e. The lowest BCUT2D eigenvalue weighted by molar-refractivity contribution is 0.115. The predicted octanol–water partition coefficient (Wildman–Crippen LogP) is 4.00. The molecule has 3 heteroatoms. The second-order valence-electron chi connectivity index (χ2n) is 5.09. The van der Waals surface area contributed by atoms with Gasteiger partial charge in [0, 0.05) is 19.9 Å². The van der Waals surface area contributed by atoms with Crippen molar-refractivity contribution in [3.05, 3.63) is 29.1 Å². The summed E-state index contributed by atoms with van der Waals surface area (Å²) in [4.78, 5) is 6.73. The molecule has 1 rings (SSSR count). The minimum absolute atomic E-state index is 0.0563. The average molecular weight is 266 g/mol. The SMILES string of the molecule is CC.COC(C)c1ncc(CN(C)C)cc1C(C)C. The monoisotopic (exact) mass is 266 g/mol. The van der Waals surface area contributed by atoms with Crippen LogP contribution in [0.3, 0.4) is 0 Å². The van der Waals surface area contributed by atoms with Crippen LogP contribution in [0.4, 0.5) is 0 Å². The Morgan fingerprint density at radius 3 is 2.21 bits per heavy atom. The minimum atomic E-state index is 0.0563. The summed E-state index contributed by atoms with van der Waals surface area (Å²) in [5.41, 5.74) is 3.61. The zero-order chi connectivity index (χ0) is 15.0. The number of hydrogen-bond donors (Lipinski definition) is 0. The topological polar surface area (TPSA) is 25.4 Å². The van der Waals surface area contributed by atoms with Crippen LogP contribution in [0.2, 0.25) is 0 Å². The molecule has 0 bridgehead atoms. The van der Waals surface area contributed by atoms with Crippen LogP contribution in [0.1, 0.15) is 63.5 Å². The Hall–Kier alpha value is -0.930. The van der Waals surface area contributed by atoms with E-state index in [4.69, 9.17) is 4.74 Å². The first-order valence-corrected chi connectivity index (χ1v) is 7.12. The third kappa shape index (κ3) is 5.70. The second-order valence-corrected chi connectivity index (χ2v) is 5.09. The van der Waals surface area contributed by atoms with Crippen LogP contribution in [0, 0.1) is 0 Å². The molecule has 3 nitrogen and oxygen atoms in total. The highest BCUT2D eigenvalue weighted by Gasteiger charge is 2.15. The third-order valence-corrected chi connectivity index (χ3v) is 2.87. The van der Waals surface area contributed by atoms with Crippen LogP contribution in [0.15, 0.2) is 12.3 Å². The molecular weight excluding hydrogens is 236 g/mol. The van der Waals surface area contributed by atoms with Gasteiger partial charge in [0.2, 0.25) is 0 Å². The zero-order valence-corrected chi connectivity index (χ0v) is 13.8. The largest absolute Gasteiger partial charge is 0.375 e. The van der Waals surface area contributed by atoms with Crippen molar-refractivity contribution in [2.75, 3.05) is 21.2 Å². The molecule has 1 atom stereocenters. The number of hydrogen-bond acceptors (Lipinski definition) is 3. The smallest absolute Gasteiger partial charge is 0.0965 e. The van der Waals surface area contributed by atoms with E-state index in [-0.39, 0.29) is 6.10 Å². The van der Waals surface area contributed by atoms with Crippen molar-refractivity contribution in [3.63, 3.8) is 0 Å². The average Bonchev–Trinajstić information content (AvgIpc) is 2.39. The number of aromatic nitrogens is 1. The van der Waals surface area contributed by atoms with Crippen LogP contribution < -0.4 is 0 Å². The standard InChI is InChI=1S/C14H24N2O.C2H6/c1-10(2)13-7-12(9-16(4)5)8-15-14(13)11(3)17-6;1-2/h7-8,10-11H,9H2,1-6H3;1-2H3. The van der Waals surface area contributed by atoms with Crippen molar-refractivity contribution >= 4 is 0 Å². The summed E-state index contributed by atoms with van der Waals surface area (Å²) < 4.78 is 5.38. The van der Waals surface area contributed by atoms with Crippen molar-refractivity contribution < 1.29 is 4.74 Å². The Morgan fingerprint density at radius 1 is 1.21 bits per heavy atom. The predicted molar refractivity (Wildman–Crippen MR) is 82.5 cm³/mol. The molecule has 0 saturated heterocycles. The molecule has 1 unspecified atom stereocenters. The number of nitrogens with zero attached hydrogens (tertiary/aromatic N) is 2. The molecule has 1 heterocycles. The Labute approximate surface area is 119 Å². The summed E-state index contributed by atoms with van der Waals surface area (Å²) in [6.07, 6.45) is 2.01. The maximum atomic E-state index is 5.38. The lowest BCUT2D eigenvalue weighted by Gasteiger charge is -2.18. The first-order valence-electron chi connectivity index (χ1n) is 7.12. The van der Waals surface area contributed by atoms with Crippen molar-refractivity contribution in [3.8, 4) is 0 Å². The van der Waals surface area contributed by atoms with Gasteiger partial charge in [0.1, 0.15) is 0 Å². The molecule has 0 saturated carbocycles. The Balaban J connectivity index is 0.00000154. The van der Waals surface area contributed by atoms with E-state index in [1.807, 2.05) is 27.0 Å². The molecule has 110 valence electrons. The first-order chi connectivity index (χ1) is 8.95. The Kier molecular flexibility index (Phi) is 8.61. The Bertz CT molecular complexity index is 362. The van der Waals surface area contributed by atoms with Crippen LogP contribution in [0.5, 0.6) is 0 Å². The molecule has 1 aromatic heterocycles. The maximum absolute atomic E-state index is 5.38. The molecule has 0 aliphatic heterocycles. The first kappa shape index (κ1) is 18.1. The van der Waals surface area contributed by atoms with Crippen molar-refractivity contribution in [1.29, 1.82) is 0 Å². The Morgan fingerprint density at radius 2 is 1.79 bits per heavy atom. The van der Waals surface area contributed by atoms with Gasteiger partial charge < -0.3 is 9.64 Å². The van der Waals surface area contributed by atoms with E-state index in [1.54, 1.807) is 7.11 Å². The van der Waals surface area contributed by atoms with Crippen molar-refractivity contribution in [2.45, 2.75) is 53.2 Å². The van der Waals surface area contributed by atoms with Crippen LogP contribution >= 0.6 is 0 Å². The highest BCUT2D eigenvalue weighted by atomic mass is 16.5. The fourth-order valence-corrected chi connectivity index (χ4v) is 1.90. The van der Waals surface area contributed by atoms with Crippen LogP contribution in [0.25, 0.3) is 0 Å². The zero-order valence-electron chi connectivity index (χ0n) is 13.8. The molecule has 0 amide bonds. The summed E-state index contributed by atoms with van der Waals surface area (Å²) in [5.74, 6) is 0.470. The van der Waals surface area contributed by atoms with Gasteiger partial charge in [-0.3, -0.25) is 4.98 Å². The quantitative estimate of drug-likeness (QED) is 0.805. The highest BCUT2D eigenvalue weighted by molar-refractivity contribution is 5.29. The van der Waals surface area contributed by atoms with Gasteiger partial charge >= 0.3 is 0 Å². The lowest BCUT2D eigenvalue weighted by Crippen LogP contribution is -2.13. The van der Waals surface area contributed by atoms with Crippen molar-refractivity contribution in [1.82, 2.24) is 9.88 Å². The molecular formula is C16H30N2O.